The summed E-state index contributed by atoms with van der Waals surface area (Å²) < 4.78 is 37.7. The molecule has 0 bridgehead atoms. The zero-order chi connectivity index (χ0) is 14.6. The minimum Gasteiger partial charge on any atom is -0.313 e. The molecule has 0 amide bonds. The molecule has 0 saturated heterocycles. The maximum atomic E-state index is 12.6. The van der Waals surface area contributed by atoms with Crippen LogP contribution in [0.25, 0.3) is 0 Å². The molecule has 0 heterocycles. The van der Waals surface area contributed by atoms with Gasteiger partial charge in [0.15, 0.2) is 0 Å². The normalized spacial score (nSPS) is 29.2. The average molecular weight is 280 g/mol. The number of likely N-dealkylation sites (N-methyl/N-ethyl adjacent to an activating group) is 2. The van der Waals surface area contributed by atoms with E-state index in [9.17, 15) is 13.2 Å². The van der Waals surface area contributed by atoms with Gasteiger partial charge in [0.25, 0.3) is 0 Å². The van der Waals surface area contributed by atoms with E-state index in [1.54, 1.807) is 7.05 Å². The van der Waals surface area contributed by atoms with Gasteiger partial charge in [0.1, 0.15) is 0 Å². The Balaban J connectivity index is 2.70. The molecule has 0 aliphatic heterocycles. The molecule has 0 aromatic heterocycles. The molecule has 19 heavy (non-hydrogen) atoms. The van der Waals surface area contributed by atoms with Crippen LogP contribution >= 0.6 is 0 Å². The van der Waals surface area contributed by atoms with Crippen LogP contribution in [0.5, 0.6) is 0 Å². The Hall–Kier alpha value is -0.290. The van der Waals surface area contributed by atoms with Crippen molar-refractivity contribution in [1.29, 1.82) is 0 Å². The van der Waals surface area contributed by atoms with E-state index in [2.05, 4.69) is 19.2 Å². The second-order valence-electron chi connectivity index (χ2n) is 6.08. The molecule has 0 aromatic rings. The second-order valence-corrected chi connectivity index (χ2v) is 6.08. The summed E-state index contributed by atoms with van der Waals surface area (Å²) in [4.78, 5) is 1.49. The predicted molar refractivity (Wildman–Crippen MR) is 72.1 cm³/mol. The lowest BCUT2D eigenvalue weighted by atomic mass is 9.76. The van der Waals surface area contributed by atoms with Gasteiger partial charge in [0.2, 0.25) is 0 Å². The van der Waals surface area contributed by atoms with Crippen LogP contribution in [0.3, 0.4) is 0 Å². The van der Waals surface area contributed by atoms with Gasteiger partial charge in [-0.3, -0.25) is 4.90 Å². The van der Waals surface area contributed by atoms with Crippen molar-refractivity contribution in [3.8, 4) is 0 Å². The lowest BCUT2D eigenvalue weighted by Gasteiger charge is -2.43. The number of halogens is 3. The fraction of sp³-hybridized carbons (Fsp3) is 1.00. The van der Waals surface area contributed by atoms with E-state index in [1.807, 2.05) is 6.92 Å². The molecule has 5 heteroatoms. The third-order valence-corrected chi connectivity index (χ3v) is 4.26. The molecule has 1 rings (SSSR count). The first-order valence-corrected chi connectivity index (χ1v) is 7.25. The van der Waals surface area contributed by atoms with Crippen molar-refractivity contribution in [2.24, 2.45) is 11.8 Å². The van der Waals surface area contributed by atoms with Crippen molar-refractivity contribution in [3.05, 3.63) is 0 Å². The Morgan fingerprint density at radius 1 is 1.26 bits per heavy atom. The van der Waals surface area contributed by atoms with Gasteiger partial charge in [0.05, 0.1) is 6.54 Å². The van der Waals surface area contributed by atoms with Crippen molar-refractivity contribution >= 4 is 0 Å². The van der Waals surface area contributed by atoms with Crippen molar-refractivity contribution in [2.75, 3.05) is 20.1 Å². The van der Waals surface area contributed by atoms with Crippen LogP contribution in [-0.2, 0) is 0 Å². The monoisotopic (exact) mass is 280 g/mol. The van der Waals surface area contributed by atoms with Crippen molar-refractivity contribution in [1.82, 2.24) is 10.2 Å². The predicted octanol–water partition coefficient (Wildman–Crippen LogP) is 3.28. The van der Waals surface area contributed by atoms with Crippen molar-refractivity contribution < 1.29 is 13.2 Å². The maximum absolute atomic E-state index is 12.6. The molecule has 3 unspecified atom stereocenters. The molecule has 0 aromatic carbocycles. The van der Waals surface area contributed by atoms with E-state index >= 15 is 0 Å². The fourth-order valence-electron chi connectivity index (χ4n) is 3.17. The van der Waals surface area contributed by atoms with Crippen LogP contribution in [0.15, 0.2) is 0 Å². The Morgan fingerprint density at radius 2 is 1.89 bits per heavy atom. The van der Waals surface area contributed by atoms with E-state index in [1.165, 1.54) is 4.90 Å². The SMILES string of the molecule is CCNC1CCC(C(C)C)CC1N(C)CC(F)(F)F. The van der Waals surface area contributed by atoms with Gasteiger partial charge in [-0.1, -0.05) is 20.8 Å². The standard InChI is InChI=1S/C14H27F3N2/c1-5-18-12-7-6-11(10(2)3)8-13(12)19(4)9-14(15,16)17/h10-13,18H,5-9H2,1-4H3. The van der Waals surface area contributed by atoms with Crippen LogP contribution in [0.1, 0.15) is 40.0 Å². The van der Waals surface area contributed by atoms with Crippen LogP contribution in [0, 0.1) is 11.8 Å². The van der Waals surface area contributed by atoms with Gasteiger partial charge >= 0.3 is 6.18 Å². The van der Waals surface area contributed by atoms with Gasteiger partial charge in [0, 0.05) is 12.1 Å². The first-order valence-electron chi connectivity index (χ1n) is 7.25. The zero-order valence-electron chi connectivity index (χ0n) is 12.4. The first kappa shape index (κ1) is 16.8. The second kappa shape index (κ2) is 6.93. The Labute approximate surface area is 114 Å². The van der Waals surface area contributed by atoms with Gasteiger partial charge in [-0.05, 0) is 44.7 Å². The topological polar surface area (TPSA) is 15.3 Å². The molecule has 114 valence electrons. The Kier molecular flexibility index (Phi) is 6.12. The highest BCUT2D eigenvalue weighted by atomic mass is 19.4. The van der Waals surface area contributed by atoms with E-state index < -0.39 is 12.7 Å². The highest BCUT2D eigenvalue weighted by Gasteiger charge is 2.38. The molecule has 0 spiro atoms. The molecule has 1 N–H and O–H groups in total. The van der Waals surface area contributed by atoms with Crippen LogP contribution in [-0.4, -0.2) is 43.3 Å². The lowest BCUT2D eigenvalue weighted by molar-refractivity contribution is -0.150. The van der Waals surface area contributed by atoms with E-state index in [0.29, 0.717) is 11.8 Å². The summed E-state index contributed by atoms with van der Waals surface area (Å²) in [7, 11) is 1.60. The number of hydrogen-bond acceptors (Lipinski definition) is 2. The third-order valence-electron chi connectivity index (χ3n) is 4.26. The highest BCUT2D eigenvalue weighted by Crippen LogP contribution is 2.33. The molecule has 0 radical (unpaired) electrons. The van der Waals surface area contributed by atoms with Crippen LogP contribution < -0.4 is 5.32 Å². The summed E-state index contributed by atoms with van der Waals surface area (Å²) in [5.74, 6) is 1.08. The Morgan fingerprint density at radius 3 is 2.37 bits per heavy atom. The quantitative estimate of drug-likeness (QED) is 0.831. The molecule has 1 fully saturated rings. The molecular weight excluding hydrogens is 253 g/mol. The summed E-state index contributed by atoms with van der Waals surface area (Å²) >= 11 is 0. The smallest absolute Gasteiger partial charge is 0.313 e. The lowest BCUT2D eigenvalue weighted by Crippen LogP contribution is -2.54. The minimum absolute atomic E-state index is 0.0114. The summed E-state index contributed by atoms with van der Waals surface area (Å²) in [6.07, 6.45) is -1.16. The molecular formula is C14H27F3N2. The van der Waals surface area contributed by atoms with Crippen LogP contribution in [0.2, 0.25) is 0 Å². The number of alkyl halides is 3. The molecule has 1 aliphatic carbocycles. The molecule has 2 nitrogen and oxygen atoms in total. The van der Waals surface area contributed by atoms with Crippen LogP contribution in [0.4, 0.5) is 13.2 Å². The van der Waals surface area contributed by atoms with Gasteiger partial charge in [-0.15, -0.1) is 0 Å². The summed E-state index contributed by atoms with van der Waals surface area (Å²) in [6, 6.07) is 0.176. The average Bonchev–Trinajstić information content (AvgIpc) is 2.27. The summed E-state index contributed by atoms with van der Waals surface area (Å²) in [5, 5.41) is 3.35. The van der Waals surface area contributed by atoms with E-state index in [4.69, 9.17) is 0 Å². The number of nitrogens with zero attached hydrogens (tertiary/aromatic N) is 1. The maximum Gasteiger partial charge on any atom is 0.401 e. The largest absolute Gasteiger partial charge is 0.401 e. The van der Waals surface area contributed by atoms with Crippen molar-refractivity contribution in [3.63, 3.8) is 0 Å². The molecule has 1 aliphatic rings. The highest BCUT2D eigenvalue weighted by molar-refractivity contribution is 4.91. The van der Waals surface area contributed by atoms with Gasteiger partial charge in [-0.2, -0.15) is 13.2 Å². The van der Waals surface area contributed by atoms with E-state index in [0.717, 1.165) is 25.8 Å². The van der Waals surface area contributed by atoms with E-state index in [-0.39, 0.29) is 12.1 Å². The van der Waals surface area contributed by atoms with Crippen molar-refractivity contribution in [2.45, 2.75) is 58.3 Å². The minimum atomic E-state index is -4.11. The Bertz CT molecular complexity index is 266. The first-order chi connectivity index (χ1) is 8.74. The number of nitrogens with one attached hydrogen (secondary N) is 1. The molecule has 3 atom stereocenters. The van der Waals surface area contributed by atoms with Gasteiger partial charge < -0.3 is 5.32 Å². The third kappa shape index (κ3) is 5.30. The fourth-order valence-corrected chi connectivity index (χ4v) is 3.17. The molecule has 1 saturated carbocycles. The summed E-state index contributed by atoms with van der Waals surface area (Å²) in [5.41, 5.74) is 0. The summed E-state index contributed by atoms with van der Waals surface area (Å²) in [6.45, 7) is 6.34. The number of rotatable bonds is 5. The zero-order valence-corrected chi connectivity index (χ0v) is 12.4. The number of hydrogen-bond donors (Lipinski definition) is 1. The van der Waals surface area contributed by atoms with Gasteiger partial charge in [-0.25, -0.2) is 0 Å².